The van der Waals surface area contributed by atoms with E-state index in [9.17, 15) is 14.0 Å². The number of anilines is 1. The van der Waals surface area contributed by atoms with E-state index in [2.05, 4.69) is 0 Å². The highest BCUT2D eigenvalue weighted by Gasteiger charge is 2.20. The molecular weight excluding hydrogens is 371 g/mol. The average Bonchev–Trinajstić information content (AvgIpc) is 2.59. The first-order valence-corrected chi connectivity index (χ1v) is 8.57. The fraction of sp³-hybridized carbons (Fsp3) is 0.250. The van der Waals surface area contributed by atoms with Gasteiger partial charge in [0.05, 0.1) is 18.1 Å². The van der Waals surface area contributed by atoms with Crippen molar-refractivity contribution in [1.82, 2.24) is 0 Å². The van der Waals surface area contributed by atoms with Crippen molar-refractivity contribution in [3.63, 3.8) is 0 Å². The second-order valence-corrected chi connectivity index (χ2v) is 6.44. The molecule has 27 heavy (non-hydrogen) atoms. The number of nitrogens with zero attached hydrogens (tertiary/aromatic N) is 2. The van der Waals surface area contributed by atoms with Crippen LogP contribution >= 0.6 is 11.6 Å². The first kappa shape index (κ1) is 20.4. The fourth-order valence-corrected chi connectivity index (χ4v) is 2.76. The minimum atomic E-state index is -0.960. The van der Waals surface area contributed by atoms with E-state index in [1.165, 1.54) is 17.0 Å². The van der Waals surface area contributed by atoms with Crippen molar-refractivity contribution in [2.24, 2.45) is 0 Å². The predicted octanol–water partition coefficient (Wildman–Crippen LogP) is 4.20. The second-order valence-electron chi connectivity index (χ2n) is 6.00. The second kappa shape index (κ2) is 9.15. The highest BCUT2D eigenvalue weighted by atomic mass is 35.5. The molecule has 0 radical (unpaired) electrons. The summed E-state index contributed by atoms with van der Waals surface area (Å²) < 4.78 is 18.7. The number of aryl methyl sites for hydroxylation is 2. The predicted molar refractivity (Wildman–Crippen MR) is 100 cm³/mol. The van der Waals surface area contributed by atoms with Crippen LogP contribution in [0.5, 0.6) is 0 Å². The summed E-state index contributed by atoms with van der Waals surface area (Å²) in [5, 5.41) is 9.00. The summed E-state index contributed by atoms with van der Waals surface area (Å²) in [6.07, 6.45) is 0.124. The first-order valence-electron chi connectivity index (χ1n) is 8.19. The third kappa shape index (κ3) is 5.53. The summed E-state index contributed by atoms with van der Waals surface area (Å²) in [7, 11) is 0. The maximum absolute atomic E-state index is 13.8. The molecule has 0 saturated heterocycles. The van der Waals surface area contributed by atoms with Gasteiger partial charge >= 0.3 is 5.97 Å². The molecule has 2 aromatic rings. The monoisotopic (exact) mass is 388 g/mol. The molecule has 5 nitrogen and oxygen atoms in total. The average molecular weight is 389 g/mol. The summed E-state index contributed by atoms with van der Waals surface area (Å²) in [5.41, 5.74) is 2.23. The van der Waals surface area contributed by atoms with Crippen LogP contribution in [0.2, 0.25) is 5.02 Å². The Morgan fingerprint density at radius 1 is 1.19 bits per heavy atom. The van der Waals surface area contributed by atoms with Crippen molar-refractivity contribution in [1.29, 1.82) is 5.26 Å². The van der Waals surface area contributed by atoms with Gasteiger partial charge in [-0.3, -0.25) is 4.79 Å². The topological polar surface area (TPSA) is 70.4 Å². The zero-order valence-electron chi connectivity index (χ0n) is 15.0. The van der Waals surface area contributed by atoms with E-state index in [1.54, 1.807) is 0 Å². The number of benzene rings is 2. The quantitative estimate of drug-likeness (QED) is 0.695. The van der Waals surface area contributed by atoms with E-state index in [-0.39, 0.29) is 23.6 Å². The number of rotatable bonds is 6. The molecule has 0 atom stereocenters. The molecule has 2 aromatic carbocycles. The van der Waals surface area contributed by atoms with Crippen molar-refractivity contribution in [2.45, 2.75) is 20.3 Å². The van der Waals surface area contributed by atoms with Crippen molar-refractivity contribution < 1.29 is 18.7 Å². The number of halogens is 2. The van der Waals surface area contributed by atoms with E-state index in [4.69, 9.17) is 21.6 Å². The van der Waals surface area contributed by atoms with Crippen molar-refractivity contribution >= 4 is 29.2 Å². The van der Waals surface area contributed by atoms with Crippen LogP contribution in [0.4, 0.5) is 10.1 Å². The number of carbonyl (C=O) groups is 2. The van der Waals surface area contributed by atoms with E-state index >= 15 is 0 Å². The maximum Gasteiger partial charge on any atom is 0.341 e. The summed E-state index contributed by atoms with van der Waals surface area (Å²) in [6.45, 7) is 3.38. The first-order chi connectivity index (χ1) is 12.8. The number of hydrogen-bond acceptors (Lipinski definition) is 4. The van der Waals surface area contributed by atoms with E-state index < -0.39 is 24.3 Å². The molecule has 0 bridgehead atoms. The van der Waals surface area contributed by atoms with Gasteiger partial charge in [0, 0.05) is 17.3 Å². The van der Waals surface area contributed by atoms with Crippen molar-refractivity contribution in [2.75, 3.05) is 18.1 Å². The Morgan fingerprint density at radius 2 is 1.85 bits per heavy atom. The molecule has 140 valence electrons. The van der Waals surface area contributed by atoms with E-state index in [1.807, 2.05) is 38.1 Å². The van der Waals surface area contributed by atoms with Gasteiger partial charge in [-0.1, -0.05) is 17.7 Å². The Hall–Kier alpha value is -2.91. The molecule has 0 aromatic heterocycles. The van der Waals surface area contributed by atoms with Gasteiger partial charge in [-0.05, 0) is 55.3 Å². The van der Waals surface area contributed by atoms with Crippen molar-refractivity contribution in [3.05, 3.63) is 63.9 Å². The van der Waals surface area contributed by atoms with E-state index in [0.717, 1.165) is 17.2 Å². The molecule has 0 saturated carbocycles. The van der Waals surface area contributed by atoms with Gasteiger partial charge in [-0.25, -0.2) is 9.18 Å². The number of carbonyl (C=O) groups excluding carboxylic acids is 2. The van der Waals surface area contributed by atoms with Gasteiger partial charge in [-0.15, -0.1) is 0 Å². The molecule has 0 N–H and O–H groups in total. The lowest BCUT2D eigenvalue weighted by Gasteiger charge is -2.22. The number of nitriles is 1. The van der Waals surface area contributed by atoms with Crippen LogP contribution in [0.15, 0.2) is 36.4 Å². The largest absolute Gasteiger partial charge is 0.452 e. The Bertz CT molecular complexity index is 888. The number of amides is 1. The minimum Gasteiger partial charge on any atom is -0.452 e. The minimum absolute atomic E-state index is 0.124. The Balaban J connectivity index is 2.13. The van der Waals surface area contributed by atoms with Gasteiger partial charge in [0.1, 0.15) is 5.82 Å². The lowest BCUT2D eigenvalue weighted by molar-refractivity contribution is -0.121. The summed E-state index contributed by atoms with van der Waals surface area (Å²) >= 11 is 5.65. The van der Waals surface area contributed by atoms with Crippen LogP contribution in [0, 0.1) is 31.0 Å². The third-order valence-electron chi connectivity index (χ3n) is 3.74. The maximum atomic E-state index is 13.8. The zero-order valence-corrected chi connectivity index (χ0v) is 15.7. The van der Waals surface area contributed by atoms with E-state index in [0.29, 0.717) is 5.69 Å². The van der Waals surface area contributed by atoms with Gasteiger partial charge in [0.25, 0.3) is 5.91 Å². The summed E-state index contributed by atoms with van der Waals surface area (Å²) in [6, 6.07) is 11.1. The van der Waals surface area contributed by atoms with Crippen LogP contribution in [-0.4, -0.2) is 25.0 Å². The highest BCUT2D eigenvalue weighted by molar-refractivity contribution is 6.30. The third-order valence-corrected chi connectivity index (χ3v) is 3.98. The number of esters is 1. The van der Waals surface area contributed by atoms with Crippen LogP contribution in [0.1, 0.15) is 27.9 Å². The lowest BCUT2D eigenvalue weighted by Crippen LogP contribution is -2.35. The Labute approximate surface area is 161 Å². The zero-order chi connectivity index (χ0) is 20.0. The molecule has 2 rings (SSSR count). The highest BCUT2D eigenvalue weighted by Crippen LogP contribution is 2.20. The van der Waals surface area contributed by atoms with Gasteiger partial charge in [0.2, 0.25) is 0 Å². The lowest BCUT2D eigenvalue weighted by atomic mass is 10.1. The molecule has 0 unspecified atom stereocenters. The molecule has 1 amide bonds. The van der Waals surface area contributed by atoms with Crippen LogP contribution < -0.4 is 4.90 Å². The molecule has 0 aliphatic heterocycles. The number of ether oxygens (including phenoxy) is 1. The molecule has 7 heteroatoms. The number of hydrogen-bond donors (Lipinski definition) is 0. The van der Waals surface area contributed by atoms with Gasteiger partial charge < -0.3 is 9.64 Å². The molecule has 0 aliphatic carbocycles. The normalized spacial score (nSPS) is 10.2. The molecule has 0 heterocycles. The molecular formula is C20H18ClFN2O3. The summed E-state index contributed by atoms with van der Waals surface area (Å²) in [5.74, 6) is -2.29. The smallest absolute Gasteiger partial charge is 0.341 e. The fourth-order valence-electron chi connectivity index (χ4n) is 2.60. The molecule has 0 fully saturated rings. The molecule has 0 spiro atoms. The molecule has 0 aliphatic rings. The van der Waals surface area contributed by atoms with Crippen molar-refractivity contribution in [3.8, 4) is 6.07 Å². The Morgan fingerprint density at radius 3 is 2.44 bits per heavy atom. The van der Waals surface area contributed by atoms with Crippen LogP contribution in [-0.2, 0) is 9.53 Å². The summed E-state index contributed by atoms with van der Waals surface area (Å²) in [4.78, 5) is 26.0. The van der Waals surface area contributed by atoms with Crippen LogP contribution in [0.3, 0.4) is 0 Å². The standard InChI is InChI=1S/C20H18ClFN2O3/c1-13-8-14(2)10-16(9-13)24(7-3-6-23)19(25)12-27-20(26)17-5-4-15(21)11-18(17)22/h4-5,8-11H,3,7,12H2,1-2H3. The van der Waals surface area contributed by atoms with Gasteiger partial charge in [0.15, 0.2) is 6.61 Å². The SMILES string of the molecule is Cc1cc(C)cc(N(CCC#N)C(=O)COC(=O)c2ccc(Cl)cc2F)c1. The van der Waals surface area contributed by atoms with Gasteiger partial charge in [-0.2, -0.15) is 5.26 Å². The van der Waals surface area contributed by atoms with Crippen LogP contribution in [0.25, 0.3) is 0 Å². The Kier molecular flexibility index (Phi) is 6.91.